The van der Waals surface area contributed by atoms with Gasteiger partial charge in [-0.1, -0.05) is 6.07 Å². The van der Waals surface area contributed by atoms with Crippen molar-refractivity contribution >= 4 is 11.9 Å². The minimum atomic E-state index is -0.938. The van der Waals surface area contributed by atoms with E-state index in [0.29, 0.717) is 19.1 Å². The molecule has 0 fully saturated rings. The van der Waals surface area contributed by atoms with Crippen LogP contribution in [0.15, 0.2) is 24.3 Å². The summed E-state index contributed by atoms with van der Waals surface area (Å²) < 4.78 is 2.17. The Labute approximate surface area is 147 Å². The zero-order valence-electron chi connectivity index (χ0n) is 15.2. The van der Waals surface area contributed by atoms with Crippen LogP contribution < -0.4 is 0 Å². The third-order valence-electron chi connectivity index (χ3n) is 4.98. The van der Waals surface area contributed by atoms with Crippen molar-refractivity contribution in [1.82, 2.24) is 9.47 Å². The second kappa shape index (κ2) is 6.39. The number of hydrogen-bond acceptors (Lipinski definition) is 2. The molecule has 1 N–H and O–H groups in total. The number of fused-ring (bicyclic) bond motifs is 1. The minimum Gasteiger partial charge on any atom is -0.478 e. The highest BCUT2D eigenvalue weighted by atomic mass is 16.4. The number of rotatable bonds is 3. The van der Waals surface area contributed by atoms with Gasteiger partial charge in [0.25, 0.3) is 5.91 Å². The van der Waals surface area contributed by atoms with Gasteiger partial charge in [0, 0.05) is 30.5 Å². The summed E-state index contributed by atoms with van der Waals surface area (Å²) in [6.07, 6.45) is 0.754. The maximum Gasteiger partial charge on any atom is 0.335 e. The monoisotopic (exact) mass is 340 g/mol. The van der Waals surface area contributed by atoms with Crippen molar-refractivity contribution in [3.05, 3.63) is 57.9 Å². The quantitative estimate of drug-likeness (QED) is 0.929. The number of nitrogens with zero attached hydrogens (tertiary/aromatic N) is 2. The predicted molar refractivity (Wildman–Crippen MR) is 96.1 cm³/mol. The molecule has 0 saturated heterocycles. The number of benzene rings is 1. The number of aromatic nitrogens is 1. The Morgan fingerprint density at radius 3 is 2.44 bits per heavy atom. The fourth-order valence-corrected chi connectivity index (χ4v) is 3.82. The van der Waals surface area contributed by atoms with Gasteiger partial charge in [-0.2, -0.15) is 0 Å². The molecule has 2 aromatic rings. The van der Waals surface area contributed by atoms with Crippen LogP contribution in [0.3, 0.4) is 0 Å². The molecule has 1 aromatic heterocycles. The van der Waals surface area contributed by atoms with Gasteiger partial charge in [0.2, 0.25) is 0 Å². The summed E-state index contributed by atoms with van der Waals surface area (Å²) in [5, 5.41) is 9.18. The van der Waals surface area contributed by atoms with Crippen molar-refractivity contribution in [3.63, 3.8) is 0 Å². The first kappa shape index (κ1) is 17.3. The molecular formula is C20H24N2O3. The van der Waals surface area contributed by atoms with E-state index in [2.05, 4.69) is 18.4 Å². The number of carboxylic acids is 1. The Balaban J connectivity index is 1.89. The van der Waals surface area contributed by atoms with E-state index >= 15 is 0 Å². The highest BCUT2D eigenvalue weighted by molar-refractivity contribution is 5.96. The fourth-order valence-electron chi connectivity index (χ4n) is 3.82. The van der Waals surface area contributed by atoms with Crippen LogP contribution in [-0.2, 0) is 13.0 Å². The van der Waals surface area contributed by atoms with Gasteiger partial charge in [-0.15, -0.1) is 0 Å². The first-order valence-electron chi connectivity index (χ1n) is 8.62. The van der Waals surface area contributed by atoms with Gasteiger partial charge in [0.1, 0.15) is 0 Å². The van der Waals surface area contributed by atoms with Crippen LogP contribution >= 0.6 is 0 Å². The first-order valence-corrected chi connectivity index (χ1v) is 8.62. The van der Waals surface area contributed by atoms with E-state index in [-0.39, 0.29) is 11.5 Å². The summed E-state index contributed by atoms with van der Waals surface area (Å²) >= 11 is 0. The maximum atomic E-state index is 13.0. The lowest BCUT2D eigenvalue weighted by Gasteiger charge is -2.29. The van der Waals surface area contributed by atoms with Gasteiger partial charge in [0.15, 0.2) is 0 Å². The van der Waals surface area contributed by atoms with Crippen LogP contribution in [0.2, 0.25) is 0 Å². The molecule has 5 nitrogen and oxygen atoms in total. The maximum absolute atomic E-state index is 13.0. The molecule has 25 heavy (non-hydrogen) atoms. The van der Waals surface area contributed by atoms with Crippen molar-refractivity contribution in [3.8, 4) is 0 Å². The van der Waals surface area contributed by atoms with Crippen molar-refractivity contribution in [2.24, 2.45) is 0 Å². The van der Waals surface area contributed by atoms with Gasteiger partial charge in [-0.3, -0.25) is 4.79 Å². The summed E-state index contributed by atoms with van der Waals surface area (Å²) in [5.74, 6) is -0.918. The molecule has 0 bridgehead atoms. The van der Waals surface area contributed by atoms with Crippen LogP contribution in [0, 0.1) is 13.8 Å². The molecule has 1 amide bonds. The third kappa shape index (κ3) is 3.06. The standard InChI is InChI=1S/C20H24N2O3/c1-12(2)22-13(3)9-18(14(22)4)19(23)21-8-7-15-5-6-16(20(24)25)10-17(15)11-21/h5-6,9-10,12H,7-8,11H2,1-4H3,(H,24,25). The summed E-state index contributed by atoms with van der Waals surface area (Å²) in [4.78, 5) is 26.0. The van der Waals surface area contributed by atoms with E-state index in [1.165, 1.54) is 0 Å². The largest absolute Gasteiger partial charge is 0.478 e. The summed E-state index contributed by atoms with van der Waals surface area (Å²) in [6, 6.07) is 7.46. The SMILES string of the molecule is Cc1cc(C(=O)N2CCc3ccc(C(=O)O)cc3C2)c(C)n1C(C)C. The Morgan fingerprint density at radius 2 is 1.84 bits per heavy atom. The number of carboxylic acid groups (broad SMARTS) is 1. The highest BCUT2D eigenvalue weighted by Crippen LogP contribution is 2.25. The topological polar surface area (TPSA) is 62.5 Å². The fraction of sp³-hybridized carbons (Fsp3) is 0.400. The van der Waals surface area contributed by atoms with Gasteiger partial charge >= 0.3 is 5.97 Å². The van der Waals surface area contributed by atoms with Crippen LogP contribution in [0.5, 0.6) is 0 Å². The lowest BCUT2D eigenvalue weighted by Crippen LogP contribution is -2.36. The highest BCUT2D eigenvalue weighted by Gasteiger charge is 2.26. The summed E-state index contributed by atoms with van der Waals surface area (Å²) in [7, 11) is 0. The number of hydrogen-bond donors (Lipinski definition) is 1. The smallest absolute Gasteiger partial charge is 0.335 e. The zero-order chi connectivity index (χ0) is 18.3. The molecule has 2 heterocycles. The Bertz CT molecular complexity index is 849. The second-order valence-corrected chi connectivity index (χ2v) is 7.01. The molecule has 0 atom stereocenters. The Kier molecular flexibility index (Phi) is 4.41. The lowest BCUT2D eigenvalue weighted by molar-refractivity contribution is 0.0696. The van der Waals surface area contributed by atoms with Crippen LogP contribution in [0.1, 0.15) is 63.1 Å². The molecule has 3 rings (SSSR count). The lowest BCUT2D eigenvalue weighted by atomic mass is 9.97. The molecule has 0 unspecified atom stereocenters. The predicted octanol–water partition coefficient (Wildman–Crippen LogP) is 3.58. The summed E-state index contributed by atoms with van der Waals surface area (Å²) in [5.41, 5.74) is 5.14. The van der Waals surface area contributed by atoms with Crippen LogP contribution in [0.4, 0.5) is 0 Å². The Hall–Kier alpha value is -2.56. The van der Waals surface area contributed by atoms with Gasteiger partial charge in [-0.25, -0.2) is 4.79 Å². The van der Waals surface area contributed by atoms with Crippen molar-refractivity contribution in [2.75, 3.05) is 6.54 Å². The van der Waals surface area contributed by atoms with E-state index in [0.717, 1.165) is 34.5 Å². The molecule has 0 radical (unpaired) electrons. The molecule has 0 saturated carbocycles. The van der Waals surface area contributed by atoms with Crippen molar-refractivity contribution < 1.29 is 14.7 Å². The number of amides is 1. The van der Waals surface area contributed by atoms with Gasteiger partial charge in [0.05, 0.1) is 11.1 Å². The first-order chi connectivity index (χ1) is 11.8. The zero-order valence-corrected chi connectivity index (χ0v) is 15.2. The molecular weight excluding hydrogens is 316 g/mol. The number of aryl methyl sites for hydroxylation is 1. The second-order valence-electron chi connectivity index (χ2n) is 7.01. The molecule has 5 heteroatoms. The molecule has 1 aliphatic heterocycles. The van der Waals surface area contributed by atoms with Crippen molar-refractivity contribution in [1.29, 1.82) is 0 Å². The van der Waals surface area contributed by atoms with E-state index in [1.54, 1.807) is 12.1 Å². The molecule has 0 spiro atoms. The summed E-state index contributed by atoms with van der Waals surface area (Å²) in [6.45, 7) is 9.34. The number of aromatic carboxylic acids is 1. The average Bonchev–Trinajstić information content (AvgIpc) is 2.87. The minimum absolute atomic E-state index is 0.0198. The van der Waals surface area contributed by atoms with Gasteiger partial charge < -0.3 is 14.6 Å². The van der Waals surface area contributed by atoms with E-state index < -0.39 is 5.97 Å². The average molecular weight is 340 g/mol. The van der Waals surface area contributed by atoms with Gasteiger partial charge in [-0.05, 0) is 63.4 Å². The molecule has 132 valence electrons. The third-order valence-corrected chi connectivity index (χ3v) is 4.98. The van der Waals surface area contributed by atoms with Crippen molar-refractivity contribution in [2.45, 2.75) is 46.7 Å². The Morgan fingerprint density at radius 1 is 1.12 bits per heavy atom. The normalized spacial score (nSPS) is 13.9. The van der Waals surface area contributed by atoms with E-state index in [1.807, 2.05) is 30.9 Å². The molecule has 1 aliphatic rings. The van der Waals surface area contributed by atoms with E-state index in [4.69, 9.17) is 0 Å². The molecule has 1 aromatic carbocycles. The van der Waals surface area contributed by atoms with Crippen LogP contribution in [-0.4, -0.2) is 33.0 Å². The number of carbonyl (C=O) groups excluding carboxylic acids is 1. The molecule has 0 aliphatic carbocycles. The number of carbonyl (C=O) groups is 2. The van der Waals surface area contributed by atoms with Crippen LogP contribution in [0.25, 0.3) is 0 Å². The van der Waals surface area contributed by atoms with E-state index in [9.17, 15) is 14.7 Å².